The second-order valence-corrected chi connectivity index (χ2v) is 9.17. The van der Waals surface area contributed by atoms with E-state index in [4.69, 9.17) is 24.4 Å². The van der Waals surface area contributed by atoms with E-state index in [0.717, 1.165) is 52.2 Å². The van der Waals surface area contributed by atoms with Crippen LogP contribution in [0.2, 0.25) is 0 Å². The SMILES string of the molecule is COc1ccc(-c2ccc3c(N4CCOCC4)nc(-c4cccc(-c5ccccc5)c4)nc3n2)cc1CO. The smallest absolute Gasteiger partial charge is 0.165 e. The molecule has 6 rings (SSSR count). The van der Waals surface area contributed by atoms with Crippen molar-refractivity contribution in [3.63, 3.8) is 0 Å². The highest BCUT2D eigenvalue weighted by atomic mass is 16.5. The minimum atomic E-state index is -0.115. The molecule has 5 aromatic rings. The predicted molar refractivity (Wildman–Crippen MR) is 149 cm³/mol. The highest BCUT2D eigenvalue weighted by molar-refractivity contribution is 5.90. The number of ether oxygens (including phenoxy) is 2. The zero-order chi connectivity index (χ0) is 25.9. The first kappa shape index (κ1) is 24.0. The van der Waals surface area contributed by atoms with Crippen LogP contribution in [-0.2, 0) is 11.3 Å². The normalized spacial score (nSPS) is 13.6. The van der Waals surface area contributed by atoms with Gasteiger partial charge in [0.1, 0.15) is 11.6 Å². The van der Waals surface area contributed by atoms with E-state index in [1.165, 1.54) is 0 Å². The summed E-state index contributed by atoms with van der Waals surface area (Å²) in [5.74, 6) is 2.14. The summed E-state index contributed by atoms with van der Waals surface area (Å²) in [5, 5.41) is 10.7. The number of anilines is 1. The molecule has 3 heterocycles. The lowest BCUT2D eigenvalue weighted by molar-refractivity contribution is 0.122. The molecule has 0 radical (unpaired) electrons. The van der Waals surface area contributed by atoms with E-state index in [2.05, 4.69) is 29.2 Å². The van der Waals surface area contributed by atoms with Crippen molar-refractivity contribution in [1.82, 2.24) is 15.0 Å². The number of benzene rings is 3. The summed E-state index contributed by atoms with van der Waals surface area (Å²) in [4.78, 5) is 17.2. The Morgan fingerprint density at radius 2 is 1.58 bits per heavy atom. The Bertz CT molecular complexity index is 1580. The Hall–Kier alpha value is -4.33. The van der Waals surface area contributed by atoms with E-state index >= 15 is 0 Å². The highest BCUT2D eigenvalue weighted by Crippen LogP contribution is 2.32. The first-order chi connectivity index (χ1) is 18.7. The molecule has 1 aliphatic rings. The summed E-state index contributed by atoms with van der Waals surface area (Å²) in [7, 11) is 1.60. The number of methoxy groups -OCH3 is 1. The molecule has 0 bridgehead atoms. The van der Waals surface area contributed by atoms with Crippen molar-refractivity contribution >= 4 is 16.9 Å². The lowest BCUT2D eigenvalue weighted by atomic mass is 10.0. The Kier molecular flexibility index (Phi) is 6.69. The molecule has 190 valence electrons. The fraction of sp³-hybridized carbons (Fsp3) is 0.194. The fourth-order valence-electron chi connectivity index (χ4n) is 4.83. The third-order valence-electron chi connectivity index (χ3n) is 6.82. The molecule has 0 atom stereocenters. The maximum Gasteiger partial charge on any atom is 0.165 e. The number of nitrogens with zero attached hydrogens (tertiary/aromatic N) is 4. The highest BCUT2D eigenvalue weighted by Gasteiger charge is 2.20. The number of fused-ring (bicyclic) bond motifs is 1. The summed E-state index contributed by atoms with van der Waals surface area (Å²) in [6, 6.07) is 28.3. The van der Waals surface area contributed by atoms with Crippen molar-refractivity contribution in [2.75, 3.05) is 38.3 Å². The second kappa shape index (κ2) is 10.6. The van der Waals surface area contributed by atoms with Gasteiger partial charge in [-0.15, -0.1) is 0 Å². The van der Waals surface area contributed by atoms with Gasteiger partial charge >= 0.3 is 0 Å². The van der Waals surface area contributed by atoms with Gasteiger partial charge in [0.2, 0.25) is 0 Å². The van der Waals surface area contributed by atoms with Crippen molar-refractivity contribution in [2.24, 2.45) is 0 Å². The molecule has 7 heteroatoms. The summed E-state index contributed by atoms with van der Waals surface area (Å²) < 4.78 is 11.0. The van der Waals surface area contributed by atoms with Gasteiger partial charge in [-0.25, -0.2) is 15.0 Å². The van der Waals surface area contributed by atoms with Crippen molar-refractivity contribution in [2.45, 2.75) is 6.61 Å². The number of morpholine rings is 1. The zero-order valence-corrected chi connectivity index (χ0v) is 21.2. The quantitative estimate of drug-likeness (QED) is 0.333. The number of rotatable bonds is 6. The van der Waals surface area contributed by atoms with Crippen LogP contribution in [0.5, 0.6) is 5.75 Å². The molecule has 2 aromatic heterocycles. The molecule has 7 nitrogen and oxygen atoms in total. The molecular weight excluding hydrogens is 476 g/mol. The maximum absolute atomic E-state index is 9.80. The van der Waals surface area contributed by atoms with Gasteiger partial charge in [-0.05, 0) is 47.5 Å². The van der Waals surface area contributed by atoms with Gasteiger partial charge in [0.25, 0.3) is 0 Å². The topological polar surface area (TPSA) is 80.6 Å². The standard InChI is InChI=1S/C31H28N4O3/c1-37-28-13-10-23(19-25(28)20-36)27-12-11-26-30(32-27)33-29(34-31(26)35-14-16-38-17-15-35)24-9-5-8-22(18-24)21-6-3-2-4-7-21/h2-13,18-19,36H,14-17,20H2,1H3. The number of pyridine rings is 1. The van der Waals surface area contributed by atoms with Crippen LogP contribution in [0.3, 0.4) is 0 Å². The van der Waals surface area contributed by atoms with Crippen LogP contribution in [0.15, 0.2) is 84.9 Å². The molecule has 1 fully saturated rings. The number of hydrogen-bond donors (Lipinski definition) is 1. The predicted octanol–water partition coefficient (Wildman–Crippen LogP) is 5.36. The van der Waals surface area contributed by atoms with Gasteiger partial charge in [-0.3, -0.25) is 0 Å². The summed E-state index contributed by atoms with van der Waals surface area (Å²) in [5.41, 5.74) is 6.17. The van der Waals surface area contributed by atoms with Crippen molar-refractivity contribution < 1.29 is 14.6 Å². The lowest BCUT2D eigenvalue weighted by Crippen LogP contribution is -2.37. The molecule has 0 spiro atoms. The molecule has 0 aliphatic carbocycles. The average Bonchev–Trinajstić information content (AvgIpc) is 3.00. The fourth-order valence-corrected chi connectivity index (χ4v) is 4.83. The molecule has 0 saturated carbocycles. The number of aliphatic hydroxyl groups excluding tert-OH is 1. The van der Waals surface area contributed by atoms with Crippen LogP contribution in [-0.4, -0.2) is 53.5 Å². The molecule has 3 aromatic carbocycles. The molecular formula is C31H28N4O3. The van der Waals surface area contributed by atoms with E-state index < -0.39 is 0 Å². The van der Waals surface area contributed by atoms with Crippen LogP contribution in [0.4, 0.5) is 5.82 Å². The summed E-state index contributed by atoms with van der Waals surface area (Å²) >= 11 is 0. The van der Waals surface area contributed by atoms with Gasteiger partial charge < -0.3 is 19.5 Å². The van der Waals surface area contributed by atoms with E-state index in [0.29, 0.717) is 36.0 Å². The molecule has 1 N–H and O–H groups in total. The van der Waals surface area contributed by atoms with Crippen LogP contribution >= 0.6 is 0 Å². The van der Waals surface area contributed by atoms with Crippen LogP contribution in [0, 0.1) is 0 Å². The Balaban J connectivity index is 1.49. The maximum atomic E-state index is 9.80. The Morgan fingerprint density at radius 1 is 0.789 bits per heavy atom. The largest absolute Gasteiger partial charge is 0.496 e. The van der Waals surface area contributed by atoms with Crippen LogP contribution < -0.4 is 9.64 Å². The monoisotopic (exact) mass is 504 g/mol. The van der Waals surface area contributed by atoms with Crippen molar-refractivity contribution in [1.29, 1.82) is 0 Å². The molecule has 0 amide bonds. The zero-order valence-electron chi connectivity index (χ0n) is 21.2. The first-order valence-electron chi connectivity index (χ1n) is 12.7. The number of aromatic nitrogens is 3. The van der Waals surface area contributed by atoms with Crippen LogP contribution in [0.1, 0.15) is 5.56 Å². The van der Waals surface area contributed by atoms with Gasteiger partial charge in [0.05, 0.1) is 38.0 Å². The van der Waals surface area contributed by atoms with E-state index in [1.54, 1.807) is 7.11 Å². The first-order valence-corrected chi connectivity index (χ1v) is 12.7. The lowest BCUT2D eigenvalue weighted by Gasteiger charge is -2.29. The minimum absolute atomic E-state index is 0.115. The van der Waals surface area contributed by atoms with Gasteiger partial charge in [0.15, 0.2) is 11.5 Å². The van der Waals surface area contributed by atoms with Gasteiger partial charge in [-0.2, -0.15) is 0 Å². The average molecular weight is 505 g/mol. The second-order valence-electron chi connectivity index (χ2n) is 9.17. The summed E-state index contributed by atoms with van der Waals surface area (Å²) in [6.45, 7) is 2.72. The van der Waals surface area contributed by atoms with Gasteiger partial charge in [-0.1, -0.05) is 48.5 Å². The molecule has 0 unspecified atom stereocenters. The molecule has 38 heavy (non-hydrogen) atoms. The van der Waals surface area contributed by atoms with Crippen molar-refractivity contribution in [3.05, 3.63) is 90.5 Å². The third-order valence-corrected chi connectivity index (χ3v) is 6.82. The Labute approximate surface area is 221 Å². The van der Waals surface area contributed by atoms with Gasteiger partial charge in [0, 0.05) is 29.8 Å². The van der Waals surface area contributed by atoms with Crippen molar-refractivity contribution in [3.8, 4) is 39.5 Å². The van der Waals surface area contributed by atoms with E-state index in [1.807, 2.05) is 60.7 Å². The summed E-state index contributed by atoms with van der Waals surface area (Å²) in [6.07, 6.45) is 0. The Morgan fingerprint density at radius 3 is 2.37 bits per heavy atom. The number of hydrogen-bond acceptors (Lipinski definition) is 7. The molecule has 1 aliphatic heterocycles. The minimum Gasteiger partial charge on any atom is -0.496 e. The third kappa shape index (κ3) is 4.69. The molecule has 1 saturated heterocycles. The van der Waals surface area contributed by atoms with E-state index in [-0.39, 0.29) is 6.61 Å². The van der Waals surface area contributed by atoms with Crippen LogP contribution in [0.25, 0.3) is 44.8 Å². The number of aliphatic hydroxyl groups is 1. The van der Waals surface area contributed by atoms with E-state index in [9.17, 15) is 5.11 Å².